The van der Waals surface area contributed by atoms with Crippen molar-refractivity contribution < 1.29 is 4.79 Å². The number of aldehydes is 1. The van der Waals surface area contributed by atoms with E-state index in [2.05, 4.69) is 18.7 Å². The number of halogens is 1. The summed E-state index contributed by atoms with van der Waals surface area (Å²) in [6.07, 6.45) is 4.42. The van der Waals surface area contributed by atoms with Crippen LogP contribution in [-0.2, 0) is 0 Å². The van der Waals surface area contributed by atoms with Crippen LogP contribution in [0.1, 0.15) is 43.5 Å². The molecule has 1 saturated heterocycles. The molecule has 1 heterocycles. The molecule has 0 aliphatic carbocycles. The van der Waals surface area contributed by atoms with Gasteiger partial charge in [0.1, 0.15) is 0 Å². The standard InChI is InChI=1S/C15H20ClNO/c1-15(2)7-4-9-17(10-8-15)14-6-3-5-13(16)12(14)11-18/h3,5-6,11H,4,7-10H2,1-2H3. The highest BCUT2D eigenvalue weighted by atomic mass is 35.5. The van der Waals surface area contributed by atoms with Crippen LogP contribution >= 0.6 is 11.6 Å². The molecule has 0 atom stereocenters. The van der Waals surface area contributed by atoms with Gasteiger partial charge in [-0.25, -0.2) is 0 Å². The van der Waals surface area contributed by atoms with Gasteiger partial charge in [0.15, 0.2) is 6.29 Å². The van der Waals surface area contributed by atoms with Crippen LogP contribution in [0.2, 0.25) is 5.02 Å². The van der Waals surface area contributed by atoms with E-state index >= 15 is 0 Å². The molecule has 1 aromatic rings. The van der Waals surface area contributed by atoms with Crippen molar-refractivity contribution in [1.29, 1.82) is 0 Å². The van der Waals surface area contributed by atoms with E-state index in [9.17, 15) is 4.79 Å². The van der Waals surface area contributed by atoms with E-state index in [0.29, 0.717) is 16.0 Å². The molecule has 0 bridgehead atoms. The zero-order chi connectivity index (χ0) is 13.2. The predicted octanol–water partition coefficient (Wildman–Crippen LogP) is 4.17. The molecule has 0 aromatic heterocycles. The third-order valence-electron chi connectivity index (χ3n) is 3.83. The molecule has 3 heteroatoms. The number of carbonyl (C=O) groups excluding carboxylic acids is 1. The summed E-state index contributed by atoms with van der Waals surface area (Å²) < 4.78 is 0. The summed E-state index contributed by atoms with van der Waals surface area (Å²) in [5.41, 5.74) is 2.00. The highest BCUT2D eigenvalue weighted by molar-refractivity contribution is 6.33. The zero-order valence-corrected chi connectivity index (χ0v) is 11.8. The smallest absolute Gasteiger partial charge is 0.153 e. The Morgan fingerprint density at radius 2 is 2.06 bits per heavy atom. The lowest BCUT2D eigenvalue weighted by atomic mass is 9.85. The molecule has 0 N–H and O–H groups in total. The maximum absolute atomic E-state index is 11.2. The Bertz CT molecular complexity index is 442. The van der Waals surface area contributed by atoms with Crippen LogP contribution in [0, 0.1) is 5.41 Å². The van der Waals surface area contributed by atoms with E-state index in [1.807, 2.05) is 12.1 Å². The molecular weight excluding hydrogens is 246 g/mol. The minimum atomic E-state index is 0.397. The van der Waals surface area contributed by atoms with Gasteiger partial charge in [0, 0.05) is 18.8 Å². The summed E-state index contributed by atoms with van der Waals surface area (Å²) >= 11 is 6.09. The molecule has 18 heavy (non-hydrogen) atoms. The molecule has 1 aliphatic rings. The van der Waals surface area contributed by atoms with Gasteiger partial charge in [-0.05, 0) is 36.8 Å². The minimum Gasteiger partial charge on any atom is -0.371 e. The van der Waals surface area contributed by atoms with E-state index in [4.69, 9.17) is 11.6 Å². The summed E-state index contributed by atoms with van der Waals surface area (Å²) in [6.45, 7) is 6.63. The number of rotatable bonds is 2. The fourth-order valence-electron chi connectivity index (χ4n) is 2.58. The Balaban J connectivity index is 2.26. The average molecular weight is 266 g/mol. The predicted molar refractivity (Wildman–Crippen MR) is 76.7 cm³/mol. The Labute approximate surface area is 114 Å². The summed E-state index contributed by atoms with van der Waals surface area (Å²) in [4.78, 5) is 13.5. The van der Waals surface area contributed by atoms with Crippen molar-refractivity contribution in [3.8, 4) is 0 Å². The van der Waals surface area contributed by atoms with E-state index in [-0.39, 0.29) is 0 Å². The van der Waals surface area contributed by atoms with Crippen molar-refractivity contribution in [3.05, 3.63) is 28.8 Å². The summed E-state index contributed by atoms with van der Waals surface area (Å²) in [6, 6.07) is 5.69. The maximum atomic E-state index is 11.2. The first-order valence-corrected chi connectivity index (χ1v) is 6.90. The van der Waals surface area contributed by atoms with Crippen molar-refractivity contribution in [2.24, 2.45) is 5.41 Å². The van der Waals surface area contributed by atoms with Crippen molar-refractivity contribution in [2.45, 2.75) is 33.1 Å². The lowest BCUT2D eigenvalue weighted by Gasteiger charge is -2.26. The second kappa shape index (κ2) is 5.31. The van der Waals surface area contributed by atoms with E-state index < -0.39 is 0 Å². The molecule has 0 radical (unpaired) electrons. The van der Waals surface area contributed by atoms with Gasteiger partial charge in [-0.3, -0.25) is 4.79 Å². The summed E-state index contributed by atoms with van der Waals surface area (Å²) in [5, 5.41) is 0.547. The quantitative estimate of drug-likeness (QED) is 0.748. The molecule has 0 saturated carbocycles. The zero-order valence-electron chi connectivity index (χ0n) is 11.1. The van der Waals surface area contributed by atoms with E-state index in [1.54, 1.807) is 6.07 Å². The van der Waals surface area contributed by atoms with Crippen molar-refractivity contribution in [1.82, 2.24) is 0 Å². The van der Waals surface area contributed by atoms with Gasteiger partial charge < -0.3 is 4.90 Å². The normalized spacial score (nSPS) is 19.4. The lowest BCUT2D eigenvalue weighted by Crippen LogP contribution is -2.26. The number of carbonyl (C=O) groups is 1. The van der Waals surface area contributed by atoms with Crippen LogP contribution in [0.4, 0.5) is 5.69 Å². The minimum absolute atomic E-state index is 0.397. The third kappa shape index (κ3) is 2.86. The number of benzene rings is 1. The number of hydrogen-bond acceptors (Lipinski definition) is 2. The van der Waals surface area contributed by atoms with Crippen LogP contribution in [-0.4, -0.2) is 19.4 Å². The van der Waals surface area contributed by atoms with Gasteiger partial charge in [0.2, 0.25) is 0 Å². The van der Waals surface area contributed by atoms with Crippen molar-refractivity contribution in [2.75, 3.05) is 18.0 Å². The number of anilines is 1. The Kier molecular flexibility index (Phi) is 3.96. The SMILES string of the molecule is CC1(C)CCCN(c2cccc(Cl)c2C=O)CC1. The molecule has 0 amide bonds. The van der Waals surface area contributed by atoms with Gasteiger partial charge in [0.25, 0.3) is 0 Å². The van der Waals surface area contributed by atoms with Crippen LogP contribution in [0.25, 0.3) is 0 Å². The average Bonchev–Trinajstić information content (AvgIpc) is 2.50. The van der Waals surface area contributed by atoms with Crippen molar-refractivity contribution in [3.63, 3.8) is 0 Å². The van der Waals surface area contributed by atoms with Gasteiger partial charge in [-0.2, -0.15) is 0 Å². The fourth-order valence-corrected chi connectivity index (χ4v) is 2.80. The highest BCUT2D eigenvalue weighted by Gasteiger charge is 2.24. The van der Waals surface area contributed by atoms with Gasteiger partial charge in [-0.1, -0.05) is 31.5 Å². The Morgan fingerprint density at radius 1 is 1.28 bits per heavy atom. The van der Waals surface area contributed by atoms with Gasteiger partial charge in [0.05, 0.1) is 10.6 Å². The largest absolute Gasteiger partial charge is 0.371 e. The van der Waals surface area contributed by atoms with Gasteiger partial charge >= 0.3 is 0 Å². The molecule has 2 nitrogen and oxygen atoms in total. The second-order valence-electron chi connectivity index (χ2n) is 5.80. The first kappa shape index (κ1) is 13.4. The monoisotopic (exact) mass is 265 g/mol. The van der Waals surface area contributed by atoms with E-state index in [0.717, 1.165) is 37.9 Å². The molecule has 2 rings (SSSR count). The Morgan fingerprint density at radius 3 is 2.78 bits per heavy atom. The van der Waals surface area contributed by atoms with Crippen LogP contribution < -0.4 is 4.90 Å². The second-order valence-corrected chi connectivity index (χ2v) is 6.20. The topological polar surface area (TPSA) is 20.3 Å². The van der Waals surface area contributed by atoms with Crippen LogP contribution in [0.5, 0.6) is 0 Å². The number of hydrogen-bond donors (Lipinski definition) is 0. The number of nitrogens with zero attached hydrogens (tertiary/aromatic N) is 1. The van der Waals surface area contributed by atoms with Gasteiger partial charge in [-0.15, -0.1) is 0 Å². The maximum Gasteiger partial charge on any atom is 0.153 e. The highest BCUT2D eigenvalue weighted by Crippen LogP contribution is 2.33. The molecule has 1 fully saturated rings. The molecule has 98 valence electrons. The molecule has 1 aliphatic heterocycles. The summed E-state index contributed by atoms with van der Waals surface area (Å²) in [5.74, 6) is 0. The first-order valence-electron chi connectivity index (χ1n) is 6.52. The van der Waals surface area contributed by atoms with Crippen LogP contribution in [0.15, 0.2) is 18.2 Å². The van der Waals surface area contributed by atoms with Crippen molar-refractivity contribution >= 4 is 23.6 Å². The third-order valence-corrected chi connectivity index (χ3v) is 4.16. The van der Waals surface area contributed by atoms with E-state index in [1.165, 1.54) is 6.42 Å². The molecular formula is C15H20ClNO. The Hall–Kier alpha value is -1.02. The first-order chi connectivity index (χ1) is 8.53. The molecule has 0 spiro atoms. The molecule has 1 aromatic carbocycles. The summed E-state index contributed by atoms with van der Waals surface area (Å²) in [7, 11) is 0. The van der Waals surface area contributed by atoms with Crippen LogP contribution in [0.3, 0.4) is 0 Å². The molecule has 0 unspecified atom stereocenters. The fraction of sp³-hybridized carbons (Fsp3) is 0.533. The lowest BCUT2D eigenvalue weighted by molar-refractivity contribution is 0.112.